The number of fused-ring (bicyclic) bond motifs is 1. The predicted octanol–water partition coefficient (Wildman–Crippen LogP) is 3.58. The lowest BCUT2D eigenvalue weighted by molar-refractivity contribution is 0.0941. The van der Waals surface area contributed by atoms with E-state index in [4.69, 9.17) is 4.74 Å². The third kappa shape index (κ3) is 5.15. The van der Waals surface area contributed by atoms with Gasteiger partial charge >= 0.3 is 0 Å². The summed E-state index contributed by atoms with van der Waals surface area (Å²) in [7, 11) is -3.09. The average molecular weight is 477 g/mol. The van der Waals surface area contributed by atoms with E-state index in [0.29, 0.717) is 34.9 Å². The highest BCUT2D eigenvalue weighted by molar-refractivity contribution is 7.91. The Balaban J connectivity index is 1.53. The number of anilines is 1. The van der Waals surface area contributed by atoms with Gasteiger partial charge in [0, 0.05) is 16.5 Å². The first-order valence-electron chi connectivity index (χ1n) is 11.1. The second-order valence-corrected chi connectivity index (χ2v) is 11.6. The van der Waals surface area contributed by atoms with E-state index in [9.17, 15) is 18.0 Å². The van der Waals surface area contributed by atoms with Gasteiger partial charge in [0.1, 0.15) is 10.8 Å². The molecule has 1 aliphatic carbocycles. The Morgan fingerprint density at radius 2 is 1.88 bits per heavy atom. The summed E-state index contributed by atoms with van der Waals surface area (Å²) in [4.78, 5) is 27.2. The molecule has 0 radical (unpaired) electrons. The lowest BCUT2D eigenvalue weighted by Crippen LogP contribution is -2.36. The van der Waals surface area contributed by atoms with Crippen LogP contribution in [0.4, 0.5) is 5.00 Å². The van der Waals surface area contributed by atoms with Gasteiger partial charge in [-0.2, -0.15) is 0 Å². The van der Waals surface area contributed by atoms with Crippen molar-refractivity contribution >= 4 is 38.0 Å². The standard InChI is InChI=1S/C23H28N2O5S2/c1-2-12-30-17-9-7-15(8-10-17)21(26)25-23-20(18-5-3-4-6-19(18)31-23)22(27)24-16-11-13-32(28,29)14-16/h7-10,16H,2-6,11-14H2,1H3,(H,24,27)(H,25,26)/t16-/m0/s1. The SMILES string of the molecule is CCCOc1ccc(C(=O)Nc2sc3c(c2C(=O)N[C@H]2CCS(=O)(=O)C2)CCCC3)cc1. The van der Waals surface area contributed by atoms with E-state index in [1.807, 2.05) is 6.92 Å². The third-order valence-electron chi connectivity index (χ3n) is 5.78. The molecule has 2 aliphatic rings. The molecule has 1 fully saturated rings. The first-order chi connectivity index (χ1) is 15.4. The maximum Gasteiger partial charge on any atom is 0.256 e. The molecule has 2 aromatic rings. The zero-order valence-corrected chi connectivity index (χ0v) is 19.7. The third-order valence-corrected chi connectivity index (χ3v) is 8.76. The summed E-state index contributed by atoms with van der Waals surface area (Å²) in [5.74, 6) is 0.190. The maximum atomic E-state index is 13.2. The van der Waals surface area contributed by atoms with Crippen LogP contribution < -0.4 is 15.4 Å². The molecule has 1 atom stereocenters. The lowest BCUT2D eigenvalue weighted by atomic mass is 9.95. The zero-order chi connectivity index (χ0) is 22.7. The number of hydrogen-bond acceptors (Lipinski definition) is 6. The van der Waals surface area contributed by atoms with Crippen molar-refractivity contribution in [2.45, 2.75) is 51.5 Å². The second-order valence-electron chi connectivity index (χ2n) is 8.32. The number of benzene rings is 1. The molecular weight excluding hydrogens is 448 g/mol. The molecule has 0 spiro atoms. The Kier molecular flexibility index (Phi) is 6.85. The number of sulfone groups is 1. The molecule has 2 amide bonds. The zero-order valence-electron chi connectivity index (χ0n) is 18.1. The average Bonchev–Trinajstić information content (AvgIpc) is 3.31. The molecule has 1 aliphatic heterocycles. The molecule has 32 heavy (non-hydrogen) atoms. The number of carbonyl (C=O) groups excluding carboxylic acids is 2. The molecule has 0 bridgehead atoms. The van der Waals surface area contributed by atoms with Crippen LogP contribution in [0, 0.1) is 0 Å². The van der Waals surface area contributed by atoms with E-state index in [-0.39, 0.29) is 29.4 Å². The minimum Gasteiger partial charge on any atom is -0.494 e. The number of carbonyl (C=O) groups is 2. The highest BCUT2D eigenvalue weighted by Gasteiger charge is 2.32. The molecule has 1 saturated heterocycles. The molecule has 0 saturated carbocycles. The van der Waals surface area contributed by atoms with Gasteiger partial charge in [-0.25, -0.2) is 8.42 Å². The van der Waals surface area contributed by atoms with Gasteiger partial charge in [-0.1, -0.05) is 6.92 Å². The van der Waals surface area contributed by atoms with Crippen molar-refractivity contribution in [3.63, 3.8) is 0 Å². The maximum absolute atomic E-state index is 13.2. The Labute approximate surface area is 192 Å². The van der Waals surface area contributed by atoms with Crippen LogP contribution in [0.5, 0.6) is 5.75 Å². The molecule has 172 valence electrons. The highest BCUT2D eigenvalue weighted by atomic mass is 32.2. The molecule has 2 N–H and O–H groups in total. The van der Waals surface area contributed by atoms with Crippen LogP contribution in [0.3, 0.4) is 0 Å². The van der Waals surface area contributed by atoms with E-state index in [1.165, 1.54) is 11.3 Å². The van der Waals surface area contributed by atoms with Gasteiger partial charge in [0.25, 0.3) is 11.8 Å². The monoisotopic (exact) mass is 476 g/mol. The van der Waals surface area contributed by atoms with Gasteiger partial charge in [-0.05, 0) is 68.4 Å². The normalized spacial score (nSPS) is 19.2. The number of amides is 2. The van der Waals surface area contributed by atoms with Crippen molar-refractivity contribution in [1.82, 2.24) is 5.32 Å². The molecule has 7 nitrogen and oxygen atoms in total. The minimum atomic E-state index is -3.09. The van der Waals surface area contributed by atoms with Crippen molar-refractivity contribution < 1.29 is 22.7 Å². The lowest BCUT2D eigenvalue weighted by Gasteiger charge is -2.15. The first kappa shape index (κ1) is 22.8. The van der Waals surface area contributed by atoms with Crippen LogP contribution in [0.15, 0.2) is 24.3 Å². The van der Waals surface area contributed by atoms with Crippen LogP contribution in [-0.4, -0.2) is 44.4 Å². The van der Waals surface area contributed by atoms with Crippen LogP contribution >= 0.6 is 11.3 Å². The molecule has 1 aromatic carbocycles. The predicted molar refractivity (Wildman–Crippen MR) is 126 cm³/mol. The van der Waals surface area contributed by atoms with Gasteiger partial charge in [0.05, 0.1) is 23.7 Å². The largest absolute Gasteiger partial charge is 0.494 e. The molecule has 2 heterocycles. The van der Waals surface area contributed by atoms with Crippen LogP contribution in [0.25, 0.3) is 0 Å². The molecule has 9 heteroatoms. The van der Waals surface area contributed by atoms with Gasteiger partial charge in [0.15, 0.2) is 9.84 Å². The Morgan fingerprint density at radius 3 is 2.56 bits per heavy atom. The van der Waals surface area contributed by atoms with E-state index < -0.39 is 9.84 Å². The summed E-state index contributed by atoms with van der Waals surface area (Å²) in [5.41, 5.74) is 1.96. The Morgan fingerprint density at radius 1 is 1.12 bits per heavy atom. The Hall–Kier alpha value is -2.39. The smallest absolute Gasteiger partial charge is 0.256 e. The summed E-state index contributed by atoms with van der Waals surface area (Å²) in [6.45, 7) is 2.65. The summed E-state index contributed by atoms with van der Waals surface area (Å²) in [5, 5.41) is 6.35. The minimum absolute atomic E-state index is 0.0286. The fourth-order valence-electron chi connectivity index (χ4n) is 4.16. The fourth-order valence-corrected chi connectivity index (χ4v) is 7.11. The fraction of sp³-hybridized carbons (Fsp3) is 0.478. The van der Waals surface area contributed by atoms with Crippen LogP contribution in [0.2, 0.25) is 0 Å². The van der Waals surface area contributed by atoms with Crippen molar-refractivity contribution in [1.29, 1.82) is 0 Å². The van der Waals surface area contributed by atoms with E-state index >= 15 is 0 Å². The van der Waals surface area contributed by atoms with Crippen LogP contribution in [-0.2, 0) is 22.7 Å². The van der Waals surface area contributed by atoms with Crippen molar-refractivity contribution in [2.75, 3.05) is 23.4 Å². The number of hydrogen-bond donors (Lipinski definition) is 2. The van der Waals surface area contributed by atoms with Crippen LogP contribution in [0.1, 0.15) is 63.8 Å². The quantitative estimate of drug-likeness (QED) is 0.636. The van der Waals surface area contributed by atoms with Crippen molar-refractivity contribution in [3.8, 4) is 5.75 Å². The van der Waals surface area contributed by atoms with Gasteiger partial charge in [-0.3, -0.25) is 9.59 Å². The van der Waals surface area contributed by atoms with E-state index in [2.05, 4.69) is 10.6 Å². The van der Waals surface area contributed by atoms with Crippen molar-refractivity contribution in [2.24, 2.45) is 0 Å². The van der Waals surface area contributed by atoms with Gasteiger partial charge < -0.3 is 15.4 Å². The van der Waals surface area contributed by atoms with Gasteiger partial charge in [0.2, 0.25) is 0 Å². The first-order valence-corrected chi connectivity index (χ1v) is 13.7. The summed E-state index contributed by atoms with van der Waals surface area (Å²) >= 11 is 1.45. The highest BCUT2D eigenvalue weighted by Crippen LogP contribution is 2.38. The number of ether oxygens (including phenoxy) is 1. The van der Waals surface area contributed by atoms with Crippen molar-refractivity contribution in [3.05, 3.63) is 45.8 Å². The second kappa shape index (κ2) is 9.62. The molecule has 0 unspecified atom stereocenters. The molecule has 1 aromatic heterocycles. The van der Waals surface area contributed by atoms with E-state index in [1.54, 1.807) is 24.3 Å². The molecule has 4 rings (SSSR count). The summed E-state index contributed by atoms with van der Waals surface area (Å²) in [6, 6.07) is 6.55. The van der Waals surface area contributed by atoms with Gasteiger partial charge in [-0.15, -0.1) is 11.3 Å². The number of rotatable bonds is 7. The molecular formula is C23H28N2O5S2. The topological polar surface area (TPSA) is 102 Å². The number of nitrogens with one attached hydrogen (secondary N) is 2. The Bertz CT molecular complexity index is 1110. The summed E-state index contributed by atoms with van der Waals surface area (Å²) < 4.78 is 29.1. The van der Waals surface area contributed by atoms with E-state index in [0.717, 1.165) is 42.5 Å². The number of thiophene rings is 1. The summed E-state index contributed by atoms with van der Waals surface area (Å²) in [6.07, 6.45) is 5.06. The number of aryl methyl sites for hydroxylation is 1.